The Morgan fingerprint density at radius 3 is 2.32 bits per heavy atom. The van der Waals surface area contributed by atoms with Gasteiger partial charge >= 0.3 is 6.18 Å². The second-order valence-corrected chi connectivity index (χ2v) is 5.56. The lowest BCUT2D eigenvalue weighted by Crippen LogP contribution is -2.51. The van der Waals surface area contributed by atoms with Crippen molar-refractivity contribution >= 4 is 16.9 Å². The van der Waals surface area contributed by atoms with Crippen LogP contribution in [0, 0.1) is 0 Å². The Kier molecular flexibility index (Phi) is 4.26. The van der Waals surface area contributed by atoms with Gasteiger partial charge in [-0.2, -0.15) is 13.2 Å². The minimum Gasteiger partial charge on any atom is -0.451 e. The van der Waals surface area contributed by atoms with Gasteiger partial charge in [-0.25, -0.2) is 0 Å². The first-order valence-corrected chi connectivity index (χ1v) is 7.43. The summed E-state index contributed by atoms with van der Waals surface area (Å²) in [5.74, 6) is -0.964. The smallest absolute Gasteiger partial charge is 0.423 e. The number of fused-ring (bicyclic) bond motifs is 1. The van der Waals surface area contributed by atoms with Crippen molar-refractivity contribution in [1.29, 1.82) is 0 Å². The van der Waals surface area contributed by atoms with Crippen molar-refractivity contribution < 1.29 is 27.5 Å². The van der Waals surface area contributed by atoms with Gasteiger partial charge in [-0.15, -0.1) is 0 Å². The highest BCUT2D eigenvalue weighted by Crippen LogP contribution is 2.38. The predicted molar refractivity (Wildman–Crippen MR) is 84.9 cm³/mol. The summed E-state index contributed by atoms with van der Waals surface area (Å²) in [6.45, 7) is -1.03. The first-order valence-electron chi connectivity index (χ1n) is 7.43. The average molecular weight is 349 g/mol. The molecule has 0 aliphatic heterocycles. The van der Waals surface area contributed by atoms with Crippen molar-refractivity contribution in [3.63, 3.8) is 0 Å². The van der Waals surface area contributed by atoms with Gasteiger partial charge in [0, 0.05) is 5.39 Å². The molecule has 0 aliphatic carbocycles. The Morgan fingerprint density at radius 1 is 1.04 bits per heavy atom. The molecule has 130 valence electrons. The van der Waals surface area contributed by atoms with E-state index in [0.29, 0.717) is 11.0 Å². The van der Waals surface area contributed by atoms with Crippen molar-refractivity contribution in [2.24, 2.45) is 0 Å². The molecule has 0 aliphatic rings. The molecule has 25 heavy (non-hydrogen) atoms. The van der Waals surface area contributed by atoms with Gasteiger partial charge in [-0.1, -0.05) is 48.5 Å². The molecular weight excluding hydrogens is 335 g/mol. The third kappa shape index (κ3) is 3.23. The summed E-state index contributed by atoms with van der Waals surface area (Å²) in [6.07, 6.45) is -4.96. The first kappa shape index (κ1) is 17.0. The fourth-order valence-corrected chi connectivity index (χ4v) is 2.47. The first-order chi connectivity index (χ1) is 11.8. The van der Waals surface area contributed by atoms with Crippen LogP contribution >= 0.6 is 0 Å². The summed E-state index contributed by atoms with van der Waals surface area (Å²) >= 11 is 0. The monoisotopic (exact) mass is 349 g/mol. The summed E-state index contributed by atoms with van der Waals surface area (Å²) in [7, 11) is 0. The number of benzene rings is 2. The second kappa shape index (κ2) is 6.25. The predicted octanol–water partition coefficient (Wildman–Crippen LogP) is 3.61. The molecule has 0 fully saturated rings. The molecular formula is C18H14F3NO3. The number of aliphatic hydroxyl groups is 1. The minimum atomic E-state index is -4.96. The normalized spacial score (nSPS) is 14.2. The van der Waals surface area contributed by atoms with E-state index in [1.165, 1.54) is 24.3 Å². The van der Waals surface area contributed by atoms with Crippen LogP contribution in [0.3, 0.4) is 0 Å². The summed E-state index contributed by atoms with van der Waals surface area (Å²) in [6, 6.07) is 14.9. The molecule has 7 heteroatoms. The van der Waals surface area contributed by atoms with E-state index in [2.05, 4.69) is 5.32 Å². The lowest BCUT2D eigenvalue weighted by Gasteiger charge is -2.31. The molecule has 4 nitrogen and oxygen atoms in total. The zero-order chi connectivity index (χ0) is 18.1. The van der Waals surface area contributed by atoms with Crippen LogP contribution in [0.15, 0.2) is 65.1 Å². The van der Waals surface area contributed by atoms with Crippen LogP contribution in [0.4, 0.5) is 13.2 Å². The topological polar surface area (TPSA) is 62.5 Å². The molecule has 1 atom stereocenters. The number of amides is 1. The molecule has 0 radical (unpaired) electrons. The maximum Gasteiger partial charge on any atom is 0.423 e. The number of para-hydroxylation sites is 1. The molecule has 2 N–H and O–H groups in total. The quantitative estimate of drug-likeness (QED) is 0.756. The Bertz CT molecular complexity index is 856. The van der Waals surface area contributed by atoms with Crippen molar-refractivity contribution in [2.45, 2.75) is 11.8 Å². The highest BCUT2D eigenvalue weighted by molar-refractivity contribution is 5.96. The molecule has 3 aromatic rings. The molecule has 1 heterocycles. The van der Waals surface area contributed by atoms with Crippen LogP contribution in [0.1, 0.15) is 16.1 Å². The number of hydrogen-bond donors (Lipinski definition) is 2. The number of halogens is 3. The zero-order valence-corrected chi connectivity index (χ0v) is 12.9. The van der Waals surface area contributed by atoms with Crippen LogP contribution in [0.25, 0.3) is 11.0 Å². The third-order valence-electron chi connectivity index (χ3n) is 3.87. The lowest BCUT2D eigenvalue weighted by molar-refractivity contribution is -0.263. The molecule has 1 aromatic heterocycles. The van der Waals surface area contributed by atoms with Gasteiger partial charge in [0.1, 0.15) is 5.58 Å². The Hall–Kier alpha value is -2.80. The van der Waals surface area contributed by atoms with Crippen LogP contribution in [0.5, 0.6) is 0 Å². The molecule has 0 spiro atoms. The van der Waals surface area contributed by atoms with Gasteiger partial charge in [0.15, 0.2) is 5.76 Å². The van der Waals surface area contributed by atoms with E-state index >= 15 is 0 Å². The summed E-state index contributed by atoms with van der Waals surface area (Å²) in [5, 5.41) is 12.9. The largest absolute Gasteiger partial charge is 0.451 e. The van der Waals surface area contributed by atoms with Crippen LogP contribution in [0.2, 0.25) is 0 Å². The fraction of sp³-hybridized carbons (Fsp3) is 0.167. The van der Waals surface area contributed by atoms with Crippen molar-refractivity contribution in [3.05, 3.63) is 72.0 Å². The van der Waals surface area contributed by atoms with E-state index in [4.69, 9.17) is 4.42 Å². The van der Waals surface area contributed by atoms with Gasteiger partial charge in [0.05, 0.1) is 6.54 Å². The number of furan rings is 1. The number of hydrogen-bond acceptors (Lipinski definition) is 3. The number of rotatable bonds is 4. The van der Waals surface area contributed by atoms with E-state index in [0.717, 1.165) is 12.1 Å². The summed E-state index contributed by atoms with van der Waals surface area (Å²) < 4.78 is 45.5. The highest BCUT2D eigenvalue weighted by atomic mass is 19.4. The molecule has 0 bridgehead atoms. The number of nitrogens with one attached hydrogen (secondary N) is 1. The number of carbonyl (C=O) groups is 1. The minimum absolute atomic E-state index is 0.126. The molecule has 1 amide bonds. The maximum absolute atomic E-state index is 13.4. The van der Waals surface area contributed by atoms with E-state index < -0.39 is 24.2 Å². The molecule has 0 saturated carbocycles. The van der Waals surface area contributed by atoms with Gasteiger partial charge in [-0.05, 0) is 17.7 Å². The average Bonchev–Trinajstić information content (AvgIpc) is 3.03. The second-order valence-electron chi connectivity index (χ2n) is 5.56. The van der Waals surface area contributed by atoms with Crippen LogP contribution in [-0.4, -0.2) is 23.7 Å². The van der Waals surface area contributed by atoms with E-state index in [9.17, 15) is 23.1 Å². The van der Waals surface area contributed by atoms with Crippen molar-refractivity contribution in [2.75, 3.05) is 6.54 Å². The Balaban J connectivity index is 1.82. The molecule has 0 unspecified atom stereocenters. The van der Waals surface area contributed by atoms with Gasteiger partial charge < -0.3 is 14.8 Å². The van der Waals surface area contributed by atoms with E-state index in [1.807, 2.05) is 0 Å². The standard InChI is InChI=1S/C18H14F3NO3/c19-18(20,21)17(24,13-7-2-1-3-8-13)11-22-16(23)15-10-12-6-4-5-9-14(12)25-15/h1-10,24H,11H2,(H,22,23)/t17-/m0/s1. The van der Waals surface area contributed by atoms with Crippen molar-refractivity contribution in [3.8, 4) is 0 Å². The third-order valence-corrected chi connectivity index (χ3v) is 3.87. The zero-order valence-electron chi connectivity index (χ0n) is 12.9. The Labute approximate surface area is 140 Å². The highest BCUT2D eigenvalue weighted by Gasteiger charge is 2.55. The van der Waals surface area contributed by atoms with Gasteiger partial charge in [0.25, 0.3) is 5.91 Å². The van der Waals surface area contributed by atoms with E-state index in [-0.39, 0.29) is 11.3 Å². The van der Waals surface area contributed by atoms with E-state index in [1.54, 1.807) is 24.3 Å². The fourth-order valence-electron chi connectivity index (χ4n) is 2.47. The lowest BCUT2D eigenvalue weighted by atomic mass is 9.93. The maximum atomic E-state index is 13.4. The number of alkyl halides is 3. The van der Waals surface area contributed by atoms with Gasteiger partial charge in [-0.3, -0.25) is 4.79 Å². The SMILES string of the molecule is O=C(NC[C@](O)(c1ccccc1)C(F)(F)F)c1cc2ccccc2o1. The summed E-state index contributed by atoms with van der Waals surface area (Å²) in [4.78, 5) is 12.1. The molecule has 2 aromatic carbocycles. The number of carbonyl (C=O) groups excluding carboxylic acids is 1. The molecule has 3 rings (SSSR count). The van der Waals surface area contributed by atoms with Gasteiger partial charge in [0.2, 0.25) is 5.60 Å². The van der Waals surface area contributed by atoms with Crippen molar-refractivity contribution in [1.82, 2.24) is 5.32 Å². The van der Waals surface area contributed by atoms with Crippen LogP contribution in [-0.2, 0) is 5.60 Å². The van der Waals surface area contributed by atoms with Crippen LogP contribution < -0.4 is 5.32 Å². The summed E-state index contributed by atoms with van der Waals surface area (Å²) in [5.41, 5.74) is -3.11. The Morgan fingerprint density at radius 2 is 1.68 bits per heavy atom. The molecule has 0 saturated heterocycles.